The molecule has 94 valence electrons. The normalized spacial score (nSPS) is 10.1. The molecule has 0 saturated carbocycles. The standard InChI is InChI=1S/C14H15FN2O/c1-11-3-2-4-13(9-11)18-8-7-16-12-5-6-17-14(15)10-12/h2-6,9-10H,7-8H2,1H3,(H,16,17). The predicted molar refractivity (Wildman–Crippen MR) is 69.4 cm³/mol. The lowest BCUT2D eigenvalue weighted by Gasteiger charge is -2.08. The number of nitrogens with zero attached hydrogens (tertiary/aromatic N) is 1. The maximum Gasteiger partial charge on any atom is 0.214 e. The second-order valence-corrected chi connectivity index (χ2v) is 3.96. The third-order valence-electron chi connectivity index (χ3n) is 2.42. The van der Waals surface area contributed by atoms with E-state index in [1.807, 2.05) is 31.2 Å². The van der Waals surface area contributed by atoms with Gasteiger partial charge in [-0.1, -0.05) is 12.1 Å². The number of ether oxygens (including phenoxy) is 1. The first kappa shape index (κ1) is 12.4. The summed E-state index contributed by atoms with van der Waals surface area (Å²) in [7, 11) is 0. The summed E-state index contributed by atoms with van der Waals surface area (Å²) < 4.78 is 18.4. The highest BCUT2D eigenvalue weighted by atomic mass is 19.1. The molecular weight excluding hydrogens is 231 g/mol. The molecule has 2 aromatic rings. The topological polar surface area (TPSA) is 34.1 Å². The fraction of sp³-hybridized carbons (Fsp3) is 0.214. The second kappa shape index (κ2) is 6.00. The highest BCUT2D eigenvalue weighted by Gasteiger charge is 1.96. The van der Waals surface area contributed by atoms with Crippen LogP contribution in [0.3, 0.4) is 0 Å². The summed E-state index contributed by atoms with van der Waals surface area (Å²) in [6, 6.07) is 10.9. The Hall–Kier alpha value is -2.10. The van der Waals surface area contributed by atoms with E-state index in [4.69, 9.17) is 4.74 Å². The van der Waals surface area contributed by atoms with E-state index in [1.165, 1.54) is 12.3 Å². The SMILES string of the molecule is Cc1cccc(OCCNc2ccnc(F)c2)c1. The van der Waals surface area contributed by atoms with Gasteiger partial charge >= 0.3 is 0 Å². The minimum Gasteiger partial charge on any atom is -0.492 e. The van der Waals surface area contributed by atoms with Gasteiger partial charge in [0.1, 0.15) is 12.4 Å². The molecule has 0 aliphatic rings. The summed E-state index contributed by atoms with van der Waals surface area (Å²) >= 11 is 0. The van der Waals surface area contributed by atoms with Gasteiger partial charge in [-0.05, 0) is 30.7 Å². The summed E-state index contributed by atoms with van der Waals surface area (Å²) in [5.74, 6) is 0.359. The van der Waals surface area contributed by atoms with Gasteiger partial charge in [-0.15, -0.1) is 0 Å². The smallest absolute Gasteiger partial charge is 0.214 e. The van der Waals surface area contributed by atoms with Gasteiger partial charge in [0.05, 0.1) is 0 Å². The van der Waals surface area contributed by atoms with Crippen LogP contribution in [0.5, 0.6) is 5.75 Å². The number of benzene rings is 1. The van der Waals surface area contributed by atoms with Crippen molar-refractivity contribution in [3.63, 3.8) is 0 Å². The fourth-order valence-corrected chi connectivity index (χ4v) is 1.58. The van der Waals surface area contributed by atoms with Gasteiger partial charge in [-0.25, -0.2) is 4.98 Å². The molecule has 0 aliphatic heterocycles. The van der Waals surface area contributed by atoms with Gasteiger partial charge in [-0.2, -0.15) is 4.39 Å². The van der Waals surface area contributed by atoms with Crippen LogP contribution in [-0.2, 0) is 0 Å². The average Bonchev–Trinajstić information content (AvgIpc) is 2.35. The minimum atomic E-state index is -0.486. The first-order valence-corrected chi connectivity index (χ1v) is 5.79. The third kappa shape index (κ3) is 3.73. The monoisotopic (exact) mass is 246 g/mol. The van der Waals surface area contributed by atoms with Crippen molar-refractivity contribution in [2.24, 2.45) is 0 Å². The Kier molecular flexibility index (Phi) is 4.12. The van der Waals surface area contributed by atoms with Crippen LogP contribution in [0.1, 0.15) is 5.56 Å². The van der Waals surface area contributed by atoms with Crippen LogP contribution >= 0.6 is 0 Å². The van der Waals surface area contributed by atoms with E-state index in [-0.39, 0.29) is 0 Å². The van der Waals surface area contributed by atoms with Gasteiger partial charge in [0.2, 0.25) is 5.95 Å². The summed E-state index contributed by atoms with van der Waals surface area (Å²) in [5, 5.41) is 3.07. The number of hydrogen-bond donors (Lipinski definition) is 1. The maximum atomic E-state index is 12.8. The van der Waals surface area contributed by atoms with Crippen LogP contribution in [0.25, 0.3) is 0 Å². The van der Waals surface area contributed by atoms with Crippen molar-refractivity contribution in [3.05, 3.63) is 54.1 Å². The van der Waals surface area contributed by atoms with Crippen LogP contribution in [0.2, 0.25) is 0 Å². The summed E-state index contributed by atoms with van der Waals surface area (Å²) in [6.07, 6.45) is 1.43. The quantitative estimate of drug-likeness (QED) is 0.650. The van der Waals surface area contributed by atoms with Crippen molar-refractivity contribution in [1.82, 2.24) is 4.98 Å². The Labute approximate surface area is 106 Å². The zero-order valence-electron chi connectivity index (χ0n) is 10.2. The van der Waals surface area contributed by atoms with Crippen LogP contribution in [0.15, 0.2) is 42.6 Å². The number of aryl methyl sites for hydroxylation is 1. The van der Waals surface area contributed by atoms with Crippen molar-refractivity contribution in [1.29, 1.82) is 0 Å². The van der Waals surface area contributed by atoms with Crippen LogP contribution in [0.4, 0.5) is 10.1 Å². The molecule has 0 fully saturated rings. The van der Waals surface area contributed by atoms with E-state index < -0.39 is 5.95 Å². The predicted octanol–water partition coefficient (Wildman–Crippen LogP) is 3.02. The largest absolute Gasteiger partial charge is 0.492 e. The van der Waals surface area contributed by atoms with Crippen molar-refractivity contribution in [3.8, 4) is 5.75 Å². The Balaban J connectivity index is 1.76. The molecule has 1 heterocycles. The summed E-state index contributed by atoms with van der Waals surface area (Å²) in [4.78, 5) is 3.49. The van der Waals surface area contributed by atoms with Crippen LogP contribution in [0, 0.1) is 12.9 Å². The number of halogens is 1. The van der Waals surface area contributed by atoms with Gasteiger partial charge in [0.15, 0.2) is 0 Å². The molecule has 0 atom stereocenters. The van der Waals surface area contributed by atoms with Gasteiger partial charge < -0.3 is 10.1 Å². The molecule has 1 aromatic heterocycles. The Morgan fingerprint density at radius 3 is 2.94 bits per heavy atom. The zero-order valence-corrected chi connectivity index (χ0v) is 10.2. The number of aromatic nitrogens is 1. The molecule has 0 radical (unpaired) electrons. The molecule has 0 saturated heterocycles. The first-order valence-electron chi connectivity index (χ1n) is 5.79. The molecular formula is C14H15FN2O. The highest BCUT2D eigenvalue weighted by Crippen LogP contribution is 2.12. The average molecular weight is 246 g/mol. The van der Waals surface area contributed by atoms with Crippen molar-refractivity contribution in [2.75, 3.05) is 18.5 Å². The molecule has 0 bridgehead atoms. The number of hydrogen-bond acceptors (Lipinski definition) is 3. The van der Waals surface area contributed by atoms with Gasteiger partial charge in [-0.3, -0.25) is 0 Å². The molecule has 0 unspecified atom stereocenters. The van der Waals surface area contributed by atoms with E-state index in [0.29, 0.717) is 18.8 Å². The number of anilines is 1. The zero-order chi connectivity index (χ0) is 12.8. The van der Waals surface area contributed by atoms with Crippen molar-refractivity contribution >= 4 is 5.69 Å². The summed E-state index contributed by atoms with van der Waals surface area (Å²) in [5.41, 5.74) is 1.87. The van der Waals surface area contributed by atoms with Gasteiger partial charge in [0.25, 0.3) is 0 Å². The molecule has 0 spiro atoms. The maximum absolute atomic E-state index is 12.8. The number of rotatable bonds is 5. The van der Waals surface area contributed by atoms with Crippen molar-refractivity contribution in [2.45, 2.75) is 6.92 Å². The summed E-state index contributed by atoms with van der Waals surface area (Å²) in [6.45, 7) is 3.15. The van der Waals surface area contributed by atoms with Crippen molar-refractivity contribution < 1.29 is 9.13 Å². The second-order valence-electron chi connectivity index (χ2n) is 3.96. The molecule has 3 nitrogen and oxygen atoms in total. The van der Waals surface area contributed by atoms with Gasteiger partial charge in [0, 0.05) is 24.5 Å². The lowest BCUT2D eigenvalue weighted by molar-refractivity contribution is 0.332. The van der Waals surface area contributed by atoms with E-state index in [2.05, 4.69) is 10.3 Å². The van der Waals surface area contributed by atoms with E-state index in [9.17, 15) is 4.39 Å². The lowest BCUT2D eigenvalue weighted by atomic mass is 10.2. The fourth-order valence-electron chi connectivity index (χ4n) is 1.58. The van der Waals surface area contributed by atoms with E-state index >= 15 is 0 Å². The molecule has 0 aliphatic carbocycles. The first-order chi connectivity index (χ1) is 8.74. The van der Waals surface area contributed by atoms with E-state index in [0.717, 1.165) is 11.3 Å². The number of nitrogens with one attached hydrogen (secondary N) is 1. The van der Waals surface area contributed by atoms with Crippen LogP contribution in [-0.4, -0.2) is 18.1 Å². The number of pyridine rings is 1. The molecule has 2 rings (SSSR count). The minimum absolute atomic E-state index is 0.486. The Morgan fingerprint density at radius 1 is 1.28 bits per heavy atom. The highest BCUT2D eigenvalue weighted by molar-refractivity contribution is 5.41. The Bertz CT molecular complexity index is 469. The Morgan fingerprint density at radius 2 is 2.17 bits per heavy atom. The van der Waals surface area contributed by atoms with E-state index in [1.54, 1.807) is 6.07 Å². The molecule has 18 heavy (non-hydrogen) atoms. The molecule has 1 aromatic carbocycles. The molecule has 4 heteroatoms. The molecule has 0 amide bonds. The lowest BCUT2D eigenvalue weighted by Crippen LogP contribution is -2.11. The van der Waals surface area contributed by atoms with Crippen LogP contribution < -0.4 is 10.1 Å². The molecule has 1 N–H and O–H groups in total. The third-order valence-corrected chi connectivity index (χ3v) is 2.42.